The van der Waals surface area contributed by atoms with Crippen molar-refractivity contribution in [2.24, 2.45) is 0 Å². The number of fused-ring (bicyclic) bond motifs is 1. The fraction of sp³-hybridized carbons (Fsp3) is 0.300. The van der Waals surface area contributed by atoms with Crippen LogP contribution in [0.4, 0.5) is 5.69 Å². The zero-order valence-electron chi connectivity index (χ0n) is 7.46. The molecule has 13 heavy (non-hydrogen) atoms. The van der Waals surface area contributed by atoms with E-state index in [9.17, 15) is 4.79 Å². The Hall–Kier alpha value is -0.960. The molecule has 0 amide bonds. The number of anilines is 1. The maximum atomic E-state index is 11.2. The van der Waals surface area contributed by atoms with Crippen LogP contribution >= 0.6 is 11.8 Å². The first-order valence-electron chi connectivity index (χ1n) is 4.27. The first-order chi connectivity index (χ1) is 6.18. The lowest BCUT2D eigenvalue weighted by atomic mass is 10.0. The van der Waals surface area contributed by atoms with Gasteiger partial charge in [-0.1, -0.05) is 17.8 Å². The van der Waals surface area contributed by atoms with Gasteiger partial charge in [-0.15, -0.1) is 0 Å². The number of nitrogens with two attached hydrogens (primary N) is 1. The average Bonchev–Trinajstić information content (AvgIpc) is 2.12. The molecule has 0 fully saturated rings. The van der Waals surface area contributed by atoms with Crippen molar-refractivity contribution in [3.05, 3.63) is 23.3 Å². The minimum Gasteiger partial charge on any atom is -0.398 e. The molecule has 0 spiro atoms. The van der Waals surface area contributed by atoms with Crippen LogP contribution in [0.3, 0.4) is 0 Å². The lowest BCUT2D eigenvalue weighted by molar-refractivity contribution is -0.111. The minimum atomic E-state index is 0.251. The molecule has 3 heteroatoms. The molecule has 1 aliphatic heterocycles. The van der Waals surface area contributed by atoms with Crippen LogP contribution in [0, 0.1) is 6.92 Å². The second-order valence-electron chi connectivity index (χ2n) is 3.25. The zero-order chi connectivity index (χ0) is 9.42. The minimum absolute atomic E-state index is 0.251. The normalized spacial score (nSPS) is 15.6. The molecule has 0 atom stereocenters. The first kappa shape index (κ1) is 8.63. The molecule has 2 rings (SSSR count). The van der Waals surface area contributed by atoms with E-state index in [0.717, 1.165) is 28.1 Å². The summed E-state index contributed by atoms with van der Waals surface area (Å²) in [7, 11) is 0. The van der Waals surface area contributed by atoms with Crippen LogP contribution in [0.25, 0.3) is 0 Å². The van der Waals surface area contributed by atoms with Gasteiger partial charge >= 0.3 is 0 Å². The highest BCUT2D eigenvalue weighted by molar-refractivity contribution is 8.13. The number of thioether (sulfide) groups is 1. The predicted octanol–water partition coefficient (Wildman–Crippen LogP) is 2.14. The van der Waals surface area contributed by atoms with Gasteiger partial charge < -0.3 is 5.73 Å². The summed E-state index contributed by atoms with van der Waals surface area (Å²) in [5.41, 5.74) is 8.96. The van der Waals surface area contributed by atoms with Gasteiger partial charge in [0.15, 0.2) is 5.12 Å². The standard InChI is InChI=1S/C10H11NOS/c1-6-2-4-8(11)7-3-5-9(12)13-10(6)7/h2,4H,3,5,11H2,1H3. The third-order valence-corrected chi connectivity index (χ3v) is 3.49. The molecule has 0 radical (unpaired) electrons. The van der Waals surface area contributed by atoms with E-state index < -0.39 is 0 Å². The molecule has 2 nitrogen and oxygen atoms in total. The highest BCUT2D eigenvalue weighted by atomic mass is 32.2. The van der Waals surface area contributed by atoms with Crippen LogP contribution in [0.2, 0.25) is 0 Å². The van der Waals surface area contributed by atoms with E-state index in [1.54, 1.807) is 0 Å². The quantitative estimate of drug-likeness (QED) is 0.642. The van der Waals surface area contributed by atoms with Gasteiger partial charge in [-0.25, -0.2) is 0 Å². The van der Waals surface area contributed by atoms with Gasteiger partial charge in [0.1, 0.15) is 0 Å². The molecule has 0 saturated carbocycles. The van der Waals surface area contributed by atoms with Crippen molar-refractivity contribution in [1.29, 1.82) is 0 Å². The lowest BCUT2D eigenvalue weighted by Crippen LogP contribution is -2.08. The predicted molar refractivity (Wildman–Crippen MR) is 54.8 cm³/mol. The molecule has 1 aliphatic rings. The monoisotopic (exact) mass is 193 g/mol. The third-order valence-electron chi connectivity index (χ3n) is 2.29. The summed E-state index contributed by atoms with van der Waals surface area (Å²) in [6, 6.07) is 3.89. The van der Waals surface area contributed by atoms with Gasteiger partial charge in [0.25, 0.3) is 0 Å². The Morgan fingerprint density at radius 1 is 1.38 bits per heavy atom. The lowest BCUT2D eigenvalue weighted by Gasteiger charge is -2.17. The molecular formula is C10H11NOS. The number of carbonyl (C=O) groups excluding carboxylic acids is 1. The van der Waals surface area contributed by atoms with Crippen LogP contribution in [-0.4, -0.2) is 5.12 Å². The Morgan fingerprint density at radius 3 is 2.92 bits per heavy atom. The Morgan fingerprint density at radius 2 is 2.15 bits per heavy atom. The Labute approximate surface area is 81.5 Å². The van der Waals surface area contributed by atoms with Gasteiger partial charge in [-0.05, 0) is 30.5 Å². The average molecular weight is 193 g/mol. The molecule has 0 unspecified atom stereocenters. The van der Waals surface area contributed by atoms with Crippen LogP contribution in [0.1, 0.15) is 17.5 Å². The van der Waals surface area contributed by atoms with Crippen molar-refractivity contribution in [3.63, 3.8) is 0 Å². The van der Waals surface area contributed by atoms with Crippen LogP contribution in [0.15, 0.2) is 17.0 Å². The van der Waals surface area contributed by atoms with Crippen molar-refractivity contribution in [3.8, 4) is 0 Å². The summed E-state index contributed by atoms with van der Waals surface area (Å²) in [5, 5.41) is 0.251. The molecule has 2 N–H and O–H groups in total. The van der Waals surface area contributed by atoms with Gasteiger partial charge in [0, 0.05) is 17.0 Å². The molecule has 0 aliphatic carbocycles. The van der Waals surface area contributed by atoms with E-state index in [-0.39, 0.29) is 5.12 Å². The third kappa shape index (κ3) is 1.44. The van der Waals surface area contributed by atoms with Crippen molar-refractivity contribution in [2.45, 2.75) is 24.7 Å². The number of rotatable bonds is 0. The fourth-order valence-corrected chi connectivity index (χ4v) is 2.56. The SMILES string of the molecule is Cc1ccc(N)c2c1SC(=O)CC2. The zero-order valence-corrected chi connectivity index (χ0v) is 8.28. The topological polar surface area (TPSA) is 43.1 Å². The van der Waals surface area contributed by atoms with E-state index in [1.165, 1.54) is 11.8 Å². The summed E-state index contributed by atoms with van der Waals surface area (Å²) in [6.07, 6.45) is 1.42. The maximum absolute atomic E-state index is 11.2. The number of hydrogen-bond donors (Lipinski definition) is 1. The Bertz CT molecular complexity index is 373. The van der Waals surface area contributed by atoms with E-state index in [1.807, 2.05) is 19.1 Å². The maximum Gasteiger partial charge on any atom is 0.194 e. The van der Waals surface area contributed by atoms with Crippen molar-refractivity contribution in [2.75, 3.05) is 5.73 Å². The highest BCUT2D eigenvalue weighted by Crippen LogP contribution is 2.36. The van der Waals surface area contributed by atoms with E-state index in [4.69, 9.17) is 5.73 Å². The number of carbonyl (C=O) groups is 1. The molecule has 1 heterocycles. The van der Waals surface area contributed by atoms with Crippen LogP contribution in [0.5, 0.6) is 0 Å². The molecule has 0 aromatic heterocycles. The number of aryl methyl sites for hydroxylation is 1. The van der Waals surface area contributed by atoms with Crippen molar-refractivity contribution in [1.82, 2.24) is 0 Å². The summed E-state index contributed by atoms with van der Waals surface area (Å²) >= 11 is 1.33. The molecule has 0 saturated heterocycles. The van der Waals surface area contributed by atoms with Gasteiger partial charge in [-0.3, -0.25) is 4.79 Å². The fourth-order valence-electron chi connectivity index (χ4n) is 1.55. The Balaban J connectivity index is 2.57. The van der Waals surface area contributed by atoms with Crippen LogP contribution < -0.4 is 5.73 Å². The second-order valence-corrected chi connectivity index (χ2v) is 4.32. The highest BCUT2D eigenvalue weighted by Gasteiger charge is 2.19. The van der Waals surface area contributed by atoms with Crippen LogP contribution in [-0.2, 0) is 11.2 Å². The number of hydrogen-bond acceptors (Lipinski definition) is 3. The summed E-state index contributed by atoms with van der Waals surface area (Å²) < 4.78 is 0. The van der Waals surface area contributed by atoms with Gasteiger partial charge in [0.2, 0.25) is 0 Å². The summed E-state index contributed by atoms with van der Waals surface area (Å²) in [6.45, 7) is 2.02. The van der Waals surface area contributed by atoms with E-state index >= 15 is 0 Å². The number of nitrogen functional groups attached to an aromatic ring is 1. The van der Waals surface area contributed by atoms with E-state index in [2.05, 4.69) is 0 Å². The summed E-state index contributed by atoms with van der Waals surface area (Å²) in [4.78, 5) is 12.3. The van der Waals surface area contributed by atoms with Gasteiger partial charge in [0.05, 0.1) is 0 Å². The molecular weight excluding hydrogens is 182 g/mol. The Kier molecular flexibility index (Phi) is 2.04. The van der Waals surface area contributed by atoms with Crippen molar-refractivity contribution < 1.29 is 4.79 Å². The first-order valence-corrected chi connectivity index (χ1v) is 5.09. The number of benzene rings is 1. The van der Waals surface area contributed by atoms with E-state index in [0.29, 0.717) is 6.42 Å². The molecule has 68 valence electrons. The molecule has 1 aromatic carbocycles. The second kappa shape index (κ2) is 3.07. The van der Waals surface area contributed by atoms with Gasteiger partial charge in [-0.2, -0.15) is 0 Å². The van der Waals surface area contributed by atoms with Crippen molar-refractivity contribution >= 4 is 22.6 Å². The largest absolute Gasteiger partial charge is 0.398 e. The molecule has 1 aromatic rings. The smallest absolute Gasteiger partial charge is 0.194 e. The summed E-state index contributed by atoms with van der Waals surface area (Å²) in [5.74, 6) is 0. The molecule has 0 bridgehead atoms.